The molecule has 0 spiro atoms. The molecule has 2 fully saturated rings. The second kappa shape index (κ2) is 11.9. The van der Waals surface area contributed by atoms with Crippen molar-refractivity contribution in [1.29, 1.82) is 0 Å². The Labute approximate surface area is 175 Å². The van der Waals surface area contributed by atoms with E-state index in [2.05, 4.69) is 16.0 Å². The number of urea groups is 1. The standard InChI is InChI=1S/C19H31N3O6S/c1-12(23)27-10-14(28-13(2)24)6-5-9-20-17(25)8-4-3-7-16-18-15(11-29-16)21-19(26)22-18/h14-16,18H,3-11H2,1-2H3,(H,20,25)(H2,21,22,26)/t14?,15-,16?,18-/m0/s1. The molecular formula is C19H31N3O6S. The first-order valence-electron chi connectivity index (χ1n) is 10.1. The fourth-order valence-corrected chi connectivity index (χ4v) is 5.08. The van der Waals surface area contributed by atoms with E-state index in [1.807, 2.05) is 11.8 Å². The summed E-state index contributed by atoms with van der Waals surface area (Å²) in [5.41, 5.74) is 0. The lowest BCUT2D eigenvalue weighted by Crippen LogP contribution is -2.36. The molecule has 2 unspecified atom stereocenters. The molecule has 2 rings (SSSR count). The Morgan fingerprint density at radius 2 is 1.97 bits per heavy atom. The van der Waals surface area contributed by atoms with Crippen molar-refractivity contribution in [3.63, 3.8) is 0 Å². The first-order valence-corrected chi connectivity index (χ1v) is 11.2. The van der Waals surface area contributed by atoms with Gasteiger partial charge in [0, 0.05) is 37.8 Å². The van der Waals surface area contributed by atoms with Gasteiger partial charge in [0.15, 0.2) is 0 Å². The SMILES string of the molecule is CC(=O)OCC(CCCNC(=O)CCCCC1SC[C@@H]2NC(=O)N[C@H]12)OC(C)=O. The monoisotopic (exact) mass is 429 g/mol. The van der Waals surface area contributed by atoms with Gasteiger partial charge in [-0.2, -0.15) is 11.8 Å². The topological polar surface area (TPSA) is 123 Å². The van der Waals surface area contributed by atoms with Crippen LogP contribution in [0.1, 0.15) is 52.4 Å². The maximum Gasteiger partial charge on any atom is 0.315 e. The molecule has 2 heterocycles. The van der Waals surface area contributed by atoms with Crippen molar-refractivity contribution in [2.24, 2.45) is 0 Å². The van der Waals surface area contributed by atoms with Crippen molar-refractivity contribution >= 4 is 35.6 Å². The van der Waals surface area contributed by atoms with Crippen molar-refractivity contribution < 1.29 is 28.7 Å². The molecule has 4 atom stereocenters. The van der Waals surface area contributed by atoms with Crippen LogP contribution in [0.3, 0.4) is 0 Å². The molecule has 2 saturated heterocycles. The number of unbranched alkanes of at least 4 members (excludes halogenated alkanes) is 1. The summed E-state index contributed by atoms with van der Waals surface area (Å²) in [6.45, 7) is 3.12. The van der Waals surface area contributed by atoms with Gasteiger partial charge in [0.05, 0.1) is 12.1 Å². The van der Waals surface area contributed by atoms with Gasteiger partial charge in [-0.3, -0.25) is 14.4 Å². The predicted molar refractivity (Wildman–Crippen MR) is 108 cm³/mol. The molecule has 3 N–H and O–H groups in total. The zero-order valence-corrected chi connectivity index (χ0v) is 17.8. The third kappa shape index (κ3) is 8.51. The van der Waals surface area contributed by atoms with Crippen LogP contribution < -0.4 is 16.0 Å². The molecule has 164 valence electrons. The normalized spacial score (nSPS) is 23.5. The molecule has 3 amide bonds. The Bertz CT molecular complexity index is 602. The Kier molecular flexibility index (Phi) is 9.56. The van der Waals surface area contributed by atoms with Crippen LogP contribution in [0, 0.1) is 0 Å². The third-order valence-electron chi connectivity index (χ3n) is 4.91. The van der Waals surface area contributed by atoms with Crippen molar-refractivity contribution in [2.45, 2.75) is 75.8 Å². The van der Waals surface area contributed by atoms with Gasteiger partial charge in [0.1, 0.15) is 12.7 Å². The molecule has 29 heavy (non-hydrogen) atoms. The van der Waals surface area contributed by atoms with Crippen molar-refractivity contribution in [3.05, 3.63) is 0 Å². The number of hydrogen-bond acceptors (Lipinski definition) is 7. The highest BCUT2D eigenvalue weighted by Crippen LogP contribution is 2.33. The average molecular weight is 430 g/mol. The maximum absolute atomic E-state index is 12.0. The van der Waals surface area contributed by atoms with Gasteiger partial charge in [-0.05, 0) is 25.7 Å². The molecule has 9 nitrogen and oxygen atoms in total. The highest BCUT2D eigenvalue weighted by molar-refractivity contribution is 8.00. The molecule has 0 aliphatic carbocycles. The molecule has 2 aliphatic heterocycles. The van der Waals surface area contributed by atoms with E-state index in [9.17, 15) is 19.2 Å². The van der Waals surface area contributed by atoms with E-state index in [0.29, 0.717) is 31.1 Å². The molecule has 0 radical (unpaired) electrons. The van der Waals surface area contributed by atoms with Crippen LogP contribution in [0.15, 0.2) is 0 Å². The van der Waals surface area contributed by atoms with Gasteiger partial charge in [0.2, 0.25) is 5.91 Å². The Balaban J connectivity index is 1.52. The number of rotatable bonds is 12. The highest BCUT2D eigenvalue weighted by Gasteiger charge is 2.42. The zero-order valence-electron chi connectivity index (χ0n) is 17.0. The summed E-state index contributed by atoms with van der Waals surface area (Å²) in [7, 11) is 0. The van der Waals surface area contributed by atoms with E-state index in [1.54, 1.807) is 0 Å². The highest BCUT2D eigenvalue weighted by atomic mass is 32.2. The lowest BCUT2D eigenvalue weighted by Gasteiger charge is -2.17. The average Bonchev–Trinajstić information content (AvgIpc) is 3.19. The van der Waals surface area contributed by atoms with Crippen LogP contribution >= 0.6 is 11.8 Å². The van der Waals surface area contributed by atoms with E-state index in [1.165, 1.54) is 13.8 Å². The van der Waals surface area contributed by atoms with Crippen LogP contribution in [0.2, 0.25) is 0 Å². The van der Waals surface area contributed by atoms with E-state index < -0.39 is 18.0 Å². The van der Waals surface area contributed by atoms with Crippen LogP contribution in [0.25, 0.3) is 0 Å². The molecule has 0 saturated carbocycles. The summed E-state index contributed by atoms with van der Waals surface area (Å²) in [5, 5.41) is 9.19. The van der Waals surface area contributed by atoms with Crippen LogP contribution in [-0.2, 0) is 23.9 Å². The lowest BCUT2D eigenvalue weighted by molar-refractivity contribution is -0.156. The fraction of sp³-hybridized carbons (Fsp3) is 0.789. The second-order valence-corrected chi connectivity index (χ2v) is 8.67. The Morgan fingerprint density at radius 1 is 1.17 bits per heavy atom. The summed E-state index contributed by atoms with van der Waals surface area (Å²) < 4.78 is 10.0. The van der Waals surface area contributed by atoms with Crippen molar-refractivity contribution in [2.75, 3.05) is 18.9 Å². The van der Waals surface area contributed by atoms with E-state index in [0.717, 1.165) is 25.0 Å². The van der Waals surface area contributed by atoms with Crippen molar-refractivity contribution in [3.8, 4) is 0 Å². The summed E-state index contributed by atoms with van der Waals surface area (Å²) >= 11 is 1.88. The summed E-state index contributed by atoms with van der Waals surface area (Å²) in [6.07, 6.45) is 3.85. The van der Waals surface area contributed by atoms with Crippen LogP contribution in [0.4, 0.5) is 4.79 Å². The van der Waals surface area contributed by atoms with Gasteiger partial charge in [-0.25, -0.2) is 4.79 Å². The number of esters is 2. The van der Waals surface area contributed by atoms with Gasteiger partial charge in [-0.1, -0.05) is 6.42 Å². The number of fused-ring (bicyclic) bond motifs is 1. The largest absolute Gasteiger partial charge is 0.462 e. The summed E-state index contributed by atoms with van der Waals surface area (Å²) in [4.78, 5) is 45.3. The zero-order chi connectivity index (χ0) is 21.2. The second-order valence-electron chi connectivity index (χ2n) is 7.39. The minimum absolute atomic E-state index is 0.00168. The molecule has 10 heteroatoms. The number of carbonyl (C=O) groups is 4. The van der Waals surface area contributed by atoms with E-state index >= 15 is 0 Å². The fourth-order valence-electron chi connectivity index (χ4n) is 3.54. The van der Waals surface area contributed by atoms with Gasteiger partial charge in [0.25, 0.3) is 0 Å². The smallest absolute Gasteiger partial charge is 0.315 e. The van der Waals surface area contributed by atoms with Crippen LogP contribution in [-0.4, -0.2) is 66.2 Å². The summed E-state index contributed by atoms with van der Waals surface area (Å²) in [6, 6.07) is 0.365. The Hall–Kier alpha value is -1.97. The minimum Gasteiger partial charge on any atom is -0.462 e. The molecule has 0 aromatic heterocycles. The molecule has 2 aliphatic rings. The molecule has 0 aromatic carbocycles. The number of nitrogens with one attached hydrogen (secondary N) is 3. The number of ether oxygens (including phenoxy) is 2. The minimum atomic E-state index is -0.494. The molecule has 0 aromatic rings. The maximum atomic E-state index is 12.0. The van der Waals surface area contributed by atoms with Gasteiger partial charge >= 0.3 is 18.0 Å². The van der Waals surface area contributed by atoms with E-state index in [4.69, 9.17) is 9.47 Å². The first-order chi connectivity index (χ1) is 13.8. The quantitative estimate of drug-likeness (QED) is 0.241. The molecule has 0 bridgehead atoms. The summed E-state index contributed by atoms with van der Waals surface area (Å²) in [5.74, 6) is 0.0987. The third-order valence-corrected chi connectivity index (χ3v) is 6.42. The number of thioether (sulfide) groups is 1. The van der Waals surface area contributed by atoms with Crippen molar-refractivity contribution in [1.82, 2.24) is 16.0 Å². The number of amides is 3. The van der Waals surface area contributed by atoms with Crippen LogP contribution in [0.5, 0.6) is 0 Å². The van der Waals surface area contributed by atoms with Gasteiger partial charge < -0.3 is 25.4 Å². The lowest BCUT2D eigenvalue weighted by atomic mass is 10.0. The predicted octanol–water partition coefficient (Wildman–Crippen LogP) is 1.10. The Morgan fingerprint density at radius 3 is 2.69 bits per heavy atom. The molecular weight excluding hydrogens is 398 g/mol. The van der Waals surface area contributed by atoms with Gasteiger partial charge in [-0.15, -0.1) is 0 Å². The number of hydrogen-bond donors (Lipinski definition) is 3. The van der Waals surface area contributed by atoms with E-state index in [-0.39, 0.29) is 30.6 Å². The number of carbonyl (C=O) groups excluding carboxylic acids is 4. The first kappa shape index (κ1) is 23.3.